The quantitative estimate of drug-likeness (QED) is 0.710. The highest BCUT2D eigenvalue weighted by Gasteiger charge is 2.31. The van der Waals surface area contributed by atoms with Crippen LogP contribution >= 0.6 is 0 Å². The number of aromatic nitrogens is 2. The average molecular weight is 385 g/mol. The van der Waals surface area contributed by atoms with E-state index in [0.717, 1.165) is 40.8 Å². The van der Waals surface area contributed by atoms with Gasteiger partial charge in [0.1, 0.15) is 5.82 Å². The lowest BCUT2D eigenvalue weighted by Gasteiger charge is -2.31. The lowest BCUT2D eigenvalue weighted by molar-refractivity contribution is 0.306. The molecule has 142 valence electrons. The van der Waals surface area contributed by atoms with Crippen LogP contribution in [0.15, 0.2) is 48.5 Å². The molecule has 6 nitrogen and oxygen atoms in total. The molecule has 7 heteroatoms. The van der Waals surface area contributed by atoms with Crippen LogP contribution in [0.2, 0.25) is 0 Å². The lowest BCUT2D eigenvalue weighted by atomic mass is 9.99. The number of rotatable bonds is 5. The molecule has 0 bridgehead atoms. The third-order valence-corrected chi connectivity index (χ3v) is 6.67. The Morgan fingerprint density at radius 3 is 2.78 bits per heavy atom. The molecule has 4 rings (SSSR count). The van der Waals surface area contributed by atoms with E-state index >= 15 is 0 Å². The summed E-state index contributed by atoms with van der Waals surface area (Å²) in [6.07, 6.45) is 1.76. The fraction of sp³-hybridized carbons (Fsp3) is 0.350. The van der Waals surface area contributed by atoms with Crippen LogP contribution in [0.3, 0.4) is 0 Å². The summed E-state index contributed by atoms with van der Waals surface area (Å²) in [5.74, 6) is 0.959. The van der Waals surface area contributed by atoms with Gasteiger partial charge in [-0.15, -0.1) is 0 Å². The fourth-order valence-corrected chi connectivity index (χ4v) is 4.91. The van der Waals surface area contributed by atoms with Gasteiger partial charge < -0.3 is 4.98 Å². The molecule has 0 spiro atoms. The number of nitrogens with one attached hydrogen (secondary N) is 2. The molecule has 1 unspecified atom stereocenters. The topological polar surface area (TPSA) is 78.1 Å². The predicted octanol–water partition coefficient (Wildman–Crippen LogP) is 3.09. The van der Waals surface area contributed by atoms with Crippen molar-refractivity contribution < 1.29 is 8.42 Å². The second kappa shape index (κ2) is 7.42. The number of H-pyrrole nitrogens is 1. The molecule has 2 heterocycles. The Hall–Kier alpha value is -2.22. The van der Waals surface area contributed by atoms with E-state index in [4.69, 9.17) is 4.98 Å². The van der Waals surface area contributed by atoms with Crippen molar-refractivity contribution in [2.24, 2.45) is 0 Å². The van der Waals surface area contributed by atoms with Gasteiger partial charge in [-0.05, 0) is 37.0 Å². The molecule has 1 aliphatic rings. The molecular weight excluding hydrogens is 360 g/mol. The van der Waals surface area contributed by atoms with E-state index in [1.807, 2.05) is 55.5 Å². The monoisotopic (exact) mass is 384 g/mol. The Balaban J connectivity index is 1.49. The van der Waals surface area contributed by atoms with Gasteiger partial charge in [0.25, 0.3) is 10.2 Å². The van der Waals surface area contributed by atoms with E-state index in [1.165, 1.54) is 0 Å². The number of hydrogen-bond donors (Lipinski definition) is 2. The maximum Gasteiger partial charge on any atom is 0.279 e. The molecule has 0 aliphatic carbocycles. The van der Waals surface area contributed by atoms with Gasteiger partial charge in [0.15, 0.2) is 0 Å². The SMILES string of the molecule is Cc1cccc2[nH]c(C3CCCN(S(=O)(=O)NCc4ccccc4)C3)nc12. The van der Waals surface area contributed by atoms with E-state index in [9.17, 15) is 8.42 Å². The Bertz CT molecular complexity index is 1030. The highest BCUT2D eigenvalue weighted by atomic mass is 32.2. The van der Waals surface area contributed by atoms with Crippen LogP contribution in [0.4, 0.5) is 0 Å². The van der Waals surface area contributed by atoms with Crippen molar-refractivity contribution >= 4 is 21.2 Å². The summed E-state index contributed by atoms with van der Waals surface area (Å²) >= 11 is 0. The summed E-state index contributed by atoms with van der Waals surface area (Å²) in [4.78, 5) is 8.13. The minimum atomic E-state index is -3.52. The first-order chi connectivity index (χ1) is 13.0. The van der Waals surface area contributed by atoms with Crippen molar-refractivity contribution in [1.82, 2.24) is 19.0 Å². The molecule has 2 aromatic carbocycles. The fourth-order valence-electron chi connectivity index (χ4n) is 3.63. The van der Waals surface area contributed by atoms with Crippen LogP contribution in [-0.4, -0.2) is 35.8 Å². The number of para-hydroxylation sites is 1. The normalized spacial score (nSPS) is 18.8. The van der Waals surface area contributed by atoms with Gasteiger partial charge in [-0.25, -0.2) is 4.98 Å². The van der Waals surface area contributed by atoms with Crippen LogP contribution in [0.5, 0.6) is 0 Å². The third kappa shape index (κ3) is 3.90. The van der Waals surface area contributed by atoms with Crippen LogP contribution in [0.25, 0.3) is 11.0 Å². The molecule has 1 aromatic heterocycles. The predicted molar refractivity (Wildman–Crippen MR) is 107 cm³/mol. The van der Waals surface area contributed by atoms with Crippen LogP contribution in [0.1, 0.15) is 35.7 Å². The molecule has 1 aliphatic heterocycles. The first-order valence-electron chi connectivity index (χ1n) is 9.27. The molecular formula is C20H24N4O2S. The summed E-state index contributed by atoms with van der Waals surface area (Å²) in [6, 6.07) is 15.6. The standard InChI is InChI=1S/C20H24N4O2S/c1-15-7-5-11-18-19(15)23-20(22-18)17-10-6-12-24(14-17)27(25,26)21-13-16-8-3-2-4-9-16/h2-5,7-9,11,17,21H,6,10,12-14H2,1H3,(H,22,23). The molecule has 0 radical (unpaired) electrons. The van der Waals surface area contributed by atoms with Gasteiger partial charge in [-0.2, -0.15) is 17.4 Å². The molecule has 2 N–H and O–H groups in total. The first-order valence-corrected chi connectivity index (χ1v) is 10.7. The molecule has 1 saturated heterocycles. The largest absolute Gasteiger partial charge is 0.342 e. The van der Waals surface area contributed by atoms with Gasteiger partial charge in [-0.3, -0.25) is 0 Å². The molecule has 27 heavy (non-hydrogen) atoms. The van der Waals surface area contributed by atoms with E-state index in [1.54, 1.807) is 4.31 Å². The van der Waals surface area contributed by atoms with E-state index < -0.39 is 10.2 Å². The Morgan fingerprint density at radius 1 is 1.19 bits per heavy atom. The zero-order valence-electron chi connectivity index (χ0n) is 15.4. The van der Waals surface area contributed by atoms with Crippen molar-refractivity contribution in [2.75, 3.05) is 13.1 Å². The van der Waals surface area contributed by atoms with Gasteiger partial charge >= 0.3 is 0 Å². The number of benzene rings is 2. The lowest BCUT2D eigenvalue weighted by Crippen LogP contribution is -2.45. The van der Waals surface area contributed by atoms with E-state index in [0.29, 0.717) is 19.6 Å². The number of imidazole rings is 1. The second-order valence-electron chi connectivity index (χ2n) is 7.10. The minimum absolute atomic E-state index is 0.0823. The summed E-state index contributed by atoms with van der Waals surface area (Å²) < 4.78 is 29.8. The number of nitrogens with zero attached hydrogens (tertiary/aromatic N) is 2. The summed E-state index contributed by atoms with van der Waals surface area (Å²) in [5.41, 5.74) is 4.05. The van der Waals surface area contributed by atoms with Gasteiger partial charge in [-0.1, -0.05) is 42.5 Å². The molecule has 1 fully saturated rings. The van der Waals surface area contributed by atoms with E-state index in [2.05, 4.69) is 9.71 Å². The number of fused-ring (bicyclic) bond motifs is 1. The van der Waals surface area contributed by atoms with Crippen LogP contribution in [-0.2, 0) is 16.8 Å². The number of aromatic amines is 1. The van der Waals surface area contributed by atoms with E-state index in [-0.39, 0.29) is 5.92 Å². The Kier molecular flexibility index (Phi) is 4.99. The third-order valence-electron chi connectivity index (χ3n) is 5.15. The molecule has 3 aromatic rings. The summed E-state index contributed by atoms with van der Waals surface area (Å²) in [6.45, 7) is 3.33. The van der Waals surface area contributed by atoms with Crippen LogP contribution in [0, 0.1) is 6.92 Å². The summed E-state index contributed by atoms with van der Waals surface area (Å²) in [7, 11) is -3.52. The van der Waals surface area contributed by atoms with Gasteiger partial charge in [0, 0.05) is 25.6 Å². The molecule has 0 saturated carbocycles. The Labute approximate surface area is 159 Å². The second-order valence-corrected chi connectivity index (χ2v) is 8.86. The highest BCUT2D eigenvalue weighted by molar-refractivity contribution is 7.87. The average Bonchev–Trinajstić information content (AvgIpc) is 3.13. The van der Waals surface area contributed by atoms with Crippen molar-refractivity contribution in [3.8, 4) is 0 Å². The minimum Gasteiger partial charge on any atom is -0.342 e. The first kappa shape index (κ1) is 18.2. The van der Waals surface area contributed by atoms with Crippen molar-refractivity contribution in [3.63, 3.8) is 0 Å². The van der Waals surface area contributed by atoms with Crippen molar-refractivity contribution in [3.05, 3.63) is 65.5 Å². The zero-order chi connectivity index (χ0) is 18.9. The number of piperidine rings is 1. The molecule has 1 atom stereocenters. The zero-order valence-corrected chi connectivity index (χ0v) is 16.2. The number of hydrogen-bond acceptors (Lipinski definition) is 3. The van der Waals surface area contributed by atoms with Gasteiger partial charge in [0.05, 0.1) is 11.0 Å². The maximum absolute atomic E-state index is 12.7. The van der Waals surface area contributed by atoms with Crippen molar-refractivity contribution in [2.45, 2.75) is 32.2 Å². The smallest absolute Gasteiger partial charge is 0.279 e. The van der Waals surface area contributed by atoms with Crippen LogP contribution < -0.4 is 4.72 Å². The Morgan fingerprint density at radius 2 is 2.00 bits per heavy atom. The molecule has 0 amide bonds. The van der Waals surface area contributed by atoms with Gasteiger partial charge in [0.2, 0.25) is 0 Å². The summed E-state index contributed by atoms with van der Waals surface area (Å²) in [5, 5.41) is 0. The van der Waals surface area contributed by atoms with Crippen molar-refractivity contribution in [1.29, 1.82) is 0 Å². The maximum atomic E-state index is 12.7. The number of aryl methyl sites for hydroxylation is 1. The highest BCUT2D eigenvalue weighted by Crippen LogP contribution is 2.28.